The lowest BCUT2D eigenvalue weighted by atomic mass is 9.83. The molecule has 6 aromatic rings. The van der Waals surface area contributed by atoms with Gasteiger partial charge >= 0.3 is 5.69 Å². The SMILES string of the molecule is Cn1cc(-c2cc3nc(-c4cncn4C)n(-c4cc(C5CCCCC5)c5c(c4)n(C)c(=O)n5C)c3cc2F)cn1. The molecule has 10 heteroatoms. The molecule has 1 fully saturated rings. The van der Waals surface area contributed by atoms with Gasteiger partial charge in [-0.1, -0.05) is 19.3 Å². The topological polar surface area (TPSA) is 80.4 Å². The van der Waals surface area contributed by atoms with Crippen molar-refractivity contribution in [1.82, 2.24) is 38.0 Å². The van der Waals surface area contributed by atoms with Gasteiger partial charge in [-0.15, -0.1) is 0 Å². The van der Waals surface area contributed by atoms with E-state index in [0.717, 1.165) is 40.8 Å². The molecule has 4 aromatic heterocycles. The number of nitrogens with zero attached hydrogens (tertiary/aromatic N) is 8. The van der Waals surface area contributed by atoms with Crippen LogP contribution < -0.4 is 5.69 Å². The Morgan fingerprint density at radius 1 is 0.925 bits per heavy atom. The van der Waals surface area contributed by atoms with Crippen molar-refractivity contribution in [1.29, 1.82) is 0 Å². The lowest BCUT2D eigenvalue weighted by Crippen LogP contribution is -2.19. The highest BCUT2D eigenvalue weighted by Gasteiger charge is 2.25. The molecule has 9 nitrogen and oxygen atoms in total. The average molecular weight is 539 g/mol. The number of aryl methyl sites for hydroxylation is 4. The Labute approximate surface area is 230 Å². The summed E-state index contributed by atoms with van der Waals surface area (Å²) in [6.45, 7) is 0. The maximum atomic E-state index is 15.7. The number of imidazole rings is 3. The lowest BCUT2D eigenvalue weighted by molar-refractivity contribution is 0.444. The van der Waals surface area contributed by atoms with Crippen LogP contribution in [0.15, 0.2) is 54.0 Å². The van der Waals surface area contributed by atoms with Gasteiger partial charge in [-0.2, -0.15) is 5.10 Å². The van der Waals surface area contributed by atoms with E-state index in [-0.39, 0.29) is 11.5 Å². The Balaban J connectivity index is 1.55. The largest absolute Gasteiger partial charge is 0.331 e. The number of halogens is 1. The zero-order valence-electron chi connectivity index (χ0n) is 23.1. The second kappa shape index (κ2) is 9.04. The molecule has 7 rings (SSSR count). The second-order valence-corrected chi connectivity index (χ2v) is 11.0. The molecule has 1 saturated carbocycles. The fourth-order valence-corrected chi connectivity index (χ4v) is 6.41. The molecule has 0 aliphatic heterocycles. The van der Waals surface area contributed by atoms with Gasteiger partial charge in [0.1, 0.15) is 11.5 Å². The third-order valence-corrected chi connectivity index (χ3v) is 8.48. The molecular formula is C30H31FN8O. The molecule has 0 radical (unpaired) electrons. The third-order valence-electron chi connectivity index (χ3n) is 8.48. The number of hydrogen-bond acceptors (Lipinski definition) is 4. The summed E-state index contributed by atoms with van der Waals surface area (Å²) < 4.78 is 24.8. The molecule has 40 heavy (non-hydrogen) atoms. The summed E-state index contributed by atoms with van der Waals surface area (Å²) in [5, 5.41) is 4.22. The third kappa shape index (κ3) is 3.65. The fourth-order valence-electron chi connectivity index (χ4n) is 6.41. The van der Waals surface area contributed by atoms with E-state index in [0.29, 0.717) is 33.9 Å². The summed E-state index contributed by atoms with van der Waals surface area (Å²) in [6, 6.07) is 7.55. The van der Waals surface area contributed by atoms with Crippen LogP contribution in [-0.4, -0.2) is 38.0 Å². The monoisotopic (exact) mass is 538 g/mol. The van der Waals surface area contributed by atoms with Gasteiger partial charge in [0.15, 0.2) is 5.82 Å². The zero-order chi connectivity index (χ0) is 27.7. The molecule has 0 unspecified atom stereocenters. The van der Waals surface area contributed by atoms with Gasteiger partial charge < -0.3 is 4.57 Å². The lowest BCUT2D eigenvalue weighted by Gasteiger charge is -2.24. The smallest absolute Gasteiger partial charge is 0.328 e. The maximum absolute atomic E-state index is 15.7. The highest BCUT2D eigenvalue weighted by atomic mass is 19.1. The molecule has 0 saturated heterocycles. The number of hydrogen-bond donors (Lipinski definition) is 0. The molecule has 0 N–H and O–H groups in total. The van der Waals surface area contributed by atoms with Crippen molar-refractivity contribution in [2.75, 3.05) is 0 Å². The van der Waals surface area contributed by atoms with Crippen molar-refractivity contribution >= 4 is 22.1 Å². The van der Waals surface area contributed by atoms with Gasteiger partial charge in [0.25, 0.3) is 0 Å². The van der Waals surface area contributed by atoms with Gasteiger partial charge in [-0.3, -0.25) is 18.4 Å². The first-order valence-electron chi connectivity index (χ1n) is 13.7. The van der Waals surface area contributed by atoms with Crippen molar-refractivity contribution in [3.63, 3.8) is 0 Å². The van der Waals surface area contributed by atoms with Crippen LogP contribution in [0.25, 0.3) is 50.4 Å². The van der Waals surface area contributed by atoms with Crippen molar-refractivity contribution in [3.8, 4) is 28.3 Å². The highest BCUT2D eigenvalue weighted by Crippen LogP contribution is 2.39. The van der Waals surface area contributed by atoms with Crippen molar-refractivity contribution in [2.45, 2.75) is 38.0 Å². The maximum Gasteiger partial charge on any atom is 0.328 e. The molecule has 0 atom stereocenters. The molecule has 2 aromatic carbocycles. The van der Waals surface area contributed by atoms with Crippen LogP contribution in [0.5, 0.6) is 0 Å². The van der Waals surface area contributed by atoms with Gasteiger partial charge in [0, 0.05) is 51.6 Å². The highest BCUT2D eigenvalue weighted by molar-refractivity contribution is 5.89. The first-order chi connectivity index (χ1) is 19.3. The predicted octanol–water partition coefficient (Wildman–Crippen LogP) is 5.20. The minimum absolute atomic E-state index is 0.0567. The summed E-state index contributed by atoms with van der Waals surface area (Å²) >= 11 is 0. The summed E-state index contributed by atoms with van der Waals surface area (Å²) in [5.41, 5.74) is 7.05. The van der Waals surface area contributed by atoms with E-state index in [1.165, 1.54) is 19.3 Å². The first kappa shape index (κ1) is 24.6. The minimum atomic E-state index is -0.348. The van der Waals surface area contributed by atoms with E-state index >= 15 is 4.39 Å². The first-order valence-corrected chi connectivity index (χ1v) is 13.7. The number of rotatable bonds is 4. The molecule has 0 amide bonds. The quantitative estimate of drug-likeness (QED) is 0.309. The second-order valence-electron chi connectivity index (χ2n) is 11.0. The van der Waals surface area contributed by atoms with Crippen molar-refractivity contribution in [2.24, 2.45) is 28.2 Å². The van der Waals surface area contributed by atoms with Crippen LogP contribution in [0, 0.1) is 5.82 Å². The van der Waals surface area contributed by atoms with E-state index < -0.39 is 0 Å². The number of benzene rings is 2. The molecular weight excluding hydrogens is 507 g/mol. The van der Waals surface area contributed by atoms with E-state index in [2.05, 4.69) is 16.1 Å². The van der Waals surface area contributed by atoms with Crippen LogP contribution in [-0.2, 0) is 28.2 Å². The molecule has 0 spiro atoms. The Morgan fingerprint density at radius 2 is 1.73 bits per heavy atom. The number of fused-ring (bicyclic) bond motifs is 2. The normalized spacial score (nSPS) is 14.6. The molecule has 204 valence electrons. The Hall–Kier alpha value is -4.47. The Kier molecular flexibility index (Phi) is 5.55. The summed E-state index contributed by atoms with van der Waals surface area (Å²) in [5.74, 6) is 0.666. The van der Waals surface area contributed by atoms with Crippen molar-refractivity contribution < 1.29 is 4.39 Å². The fraction of sp³-hybridized carbons (Fsp3) is 0.333. The van der Waals surface area contributed by atoms with E-state index in [1.54, 1.807) is 50.9 Å². The van der Waals surface area contributed by atoms with Gasteiger partial charge in [-0.25, -0.2) is 19.2 Å². The summed E-state index contributed by atoms with van der Waals surface area (Å²) in [6.07, 6.45) is 12.7. The Morgan fingerprint density at radius 3 is 2.42 bits per heavy atom. The van der Waals surface area contributed by atoms with Crippen molar-refractivity contribution in [3.05, 3.63) is 71.0 Å². The van der Waals surface area contributed by atoms with Gasteiger partial charge in [0.2, 0.25) is 0 Å². The van der Waals surface area contributed by atoms with Gasteiger partial charge in [0.05, 0.1) is 46.5 Å². The van der Waals surface area contributed by atoms with Crippen LogP contribution in [0.3, 0.4) is 0 Å². The number of aromatic nitrogens is 8. The van der Waals surface area contributed by atoms with Crippen LogP contribution in [0.4, 0.5) is 4.39 Å². The van der Waals surface area contributed by atoms with Crippen LogP contribution in [0.1, 0.15) is 43.6 Å². The van der Waals surface area contributed by atoms with E-state index in [1.807, 2.05) is 43.4 Å². The molecule has 0 bridgehead atoms. The summed E-state index contributed by atoms with van der Waals surface area (Å²) in [7, 11) is 7.39. The van der Waals surface area contributed by atoms with E-state index in [4.69, 9.17) is 4.98 Å². The predicted molar refractivity (Wildman–Crippen MR) is 153 cm³/mol. The van der Waals surface area contributed by atoms with Crippen LogP contribution in [0.2, 0.25) is 0 Å². The average Bonchev–Trinajstić information content (AvgIpc) is 3.72. The standard InChI is InChI=1S/C30H31FN8O/c1-35-17-32-15-27(35)29-34-24-12-21(19-14-33-36(2)16-19)23(31)13-25(24)39(29)20-10-22(18-8-6-5-7-9-18)28-26(11-20)37(3)30(40)38(28)4/h10-18H,5-9H2,1-4H3. The van der Waals surface area contributed by atoms with E-state index in [9.17, 15) is 4.79 Å². The zero-order valence-corrected chi connectivity index (χ0v) is 23.1. The van der Waals surface area contributed by atoms with Gasteiger partial charge in [-0.05, 0) is 42.5 Å². The summed E-state index contributed by atoms with van der Waals surface area (Å²) in [4.78, 5) is 22.5. The Bertz CT molecular complexity index is 1980. The van der Waals surface area contributed by atoms with Crippen LogP contribution >= 0.6 is 0 Å². The molecule has 1 aliphatic carbocycles. The molecule has 1 aliphatic rings. The molecule has 4 heterocycles. The minimum Gasteiger partial charge on any atom is -0.331 e.